The largest absolute Gasteiger partial charge is 0.332 e. The van der Waals surface area contributed by atoms with Gasteiger partial charge in [0, 0.05) is 24.5 Å². The number of pyridine rings is 1. The van der Waals surface area contributed by atoms with Crippen molar-refractivity contribution in [3.8, 4) is 17.5 Å². The van der Waals surface area contributed by atoms with Gasteiger partial charge >= 0.3 is 0 Å². The van der Waals surface area contributed by atoms with Gasteiger partial charge in [-0.3, -0.25) is 9.78 Å². The molecular formula is C25H22FN5O. The molecule has 0 N–H and O–H groups in total. The second kappa shape index (κ2) is 8.12. The van der Waals surface area contributed by atoms with Crippen molar-refractivity contribution in [2.75, 3.05) is 0 Å². The third-order valence-electron chi connectivity index (χ3n) is 6.66. The predicted octanol–water partition coefficient (Wildman–Crippen LogP) is 4.20. The molecule has 1 amide bonds. The number of hydrogen-bond acceptors (Lipinski definition) is 5. The quantitative estimate of drug-likeness (QED) is 0.623. The zero-order valence-corrected chi connectivity index (χ0v) is 17.5. The van der Waals surface area contributed by atoms with Gasteiger partial charge in [-0.25, -0.2) is 14.4 Å². The number of rotatable bonds is 4. The van der Waals surface area contributed by atoms with E-state index in [1.807, 2.05) is 4.90 Å². The van der Waals surface area contributed by atoms with Gasteiger partial charge in [0.1, 0.15) is 17.8 Å². The lowest BCUT2D eigenvalue weighted by Crippen LogP contribution is -2.50. The molecule has 2 aliphatic heterocycles. The maximum absolute atomic E-state index is 13.7. The number of carbonyl (C=O) groups excluding carboxylic acids is 1. The average molecular weight is 427 g/mol. The third-order valence-corrected chi connectivity index (χ3v) is 6.66. The molecule has 2 aromatic heterocycles. The summed E-state index contributed by atoms with van der Waals surface area (Å²) in [7, 11) is 0. The van der Waals surface area contributed by atoms with Crippen LogP contribution in [0.4, 0.5) is 4.39 Å². The molecule has 2 saturated heterocycles. The van der Waals surface area contributed by atoms with E-state index in [0.29, 0.717) is 36.2 Å². The van der Waals surface area contributed by atoms with E-state index in [1.54, 1.807) is 42.7 Å². The Morgan fingerprint density at radius 1 is 1.09 bits per heavy atom. The molecule has 2 fully saturated rings. The van der Waals surface area contributed by atoms with E-state index in [4.69, 9.17) is 0 Å². The number of nitriles is 1. The van der Waals surface area contributed by atoms with Crippen LogP contribution in [0, 0.1) is 22.6 Å². The number of hydrogen-bond donors (Lipinski definition) is 0. The highest BCUT2D eigenvalue weighted by Gasteiger charge is 2.50. The fourth-order valence-corrected chi connectivity index (χ4v) is 5.30. The van der Waals surface area contributed by atoms with Crippen molar-refractivity contribution in [1.29, 1.82) is 5.26 Å². The lowest BCUT2D eigenvalue weighted by molar-refractivity contribution is 0.0436. The van der Waals surface area contributed by atoms with Gasteiger partial charge in [-0.15, -0.1) is 0 Å². The molecule has 160 valence electrons. The minimum absolute atomic E-state index is 0.000182. The predicted molar refractivity (Wildman–Crippen MR) is 116 cm³/mol. The van der Waals surface area contributed by atoms with Crippen molar-refractivity contribution < 1.29 is 9.18 Å². The maximum atomic E-state index is 13.7. The first-order valence-electron chi connectivity index (χ1n) is 10.8. The summed E-state index contributed by atoms with van der Waals surface area (Å²) < 4.78 is 13.3. The zero-order valence-electron chi connectivity index (χ0n) is 17.5. The normalized spacial score (nSPS) is 24.2. The molecule has 2 bridgehead atoms. The average Bonchev–Trinajstić information content (AvgIpc) is 3.12. The number of nitrogens with zero attached hydrogens (tertiary/aromatic N) is 5. The molecule has 0 aliphatic carbocycles. The molecule has 6 nitrogen and oxygen atoms in total. The summed E-state index contributed by atoms with van der Waals surface area (Å²) in [6.45, 7) is 0. The minimum atomic E-state index is -0.551. The summed E-state index contributed by atoms with van der Waals surface area (Å²) in [4.78, 5) is 28.3. The number of benzene rings is 1. The van der Waals surface area contributed by atoms with Crippen molar-refractivity contribution in [2.24, 2.45) is 5.41 Å². The summed E-state index contributed by atoms with van der Waals surface area (Å²) in [6, 6.07) is 14.2. The van der Waals surface area contributed by atoms with Gasteiger partial charge in [-0.1, -0.05) is 12.1 Å². The van der Waals surface area contributed by atoms with Gasteiger partial charge < -0.3 is 4.90 Å². The fourth-order valence-electron chi connectivity index (χ4n) is 5.30. The van der Waals surface area contributed by atoms with E-state index in [2.05, 4.69) is 21.0 Å². The Morgan fingerprint density at radius 2 is 1.84 bits per heavy atom. The zero-order chi connectivity index (χ0) is 22.1. The Bertz CT molecular complexity index is 1160. The lowest BCUT2D eigenvalue weighted by atomic mass is 9.72. The maximum Gasteiger partial charge on any atom is 0.256 e. The molecule has 1 aromatic carbocycles. The van der Waals surface area contributed by atoms with Crippen molar-refractivity contribution in [2.45, 2.75) is 44.2 Å². The highest BCUT2D eigenvalue weighted by molar-refractivity contribution is 6.00. The molecule has 3 atom stereocenters. The summed E-state index contributed by atoms with van der Waals surface area (Å²) >= 11 is 0. The van der Waals surface area contributed by atoms with E-state index in [-0.39, 0.29) is 23.8 Å². The number of piperidine rings is 1. The van der Waals surface area contributed by atoms with Crippen molar-refractivity contribution in [3.63, 3.8) is 0 Å². The van der Waals surface area contributed by atoms with E-state index >= 15 is 0 Å². The molecule has 5 rings (SSSR count). The molecule has 0 saturated carbocycles. The number of fused-ring (bicyclic) bond motifs is 2. The monoisotopic (exact) mass is 427 g/mol. The summed E-state index contributed by atoms with van der Waals surface area (Å²) in [5, 5.41) is 10.1. The number of halogens is 1. The van der Waals surface area contributed by atoms with Crippen LogP contribution in [0.2, 0.25) is 0 Å². The van der Waals surface area contributed by atoms with E-state index in [0.717, 1.165) is 18.4 Å². The van der Waals surface area contributed by atoms with E-state index < -0.39 is 5.41 Å². The van der Waals surface area contributed by atoms with Gasteiger partial charge in [0.05, 0.1) is 22.7 Å². The Hall–Kier alpha value is -3.66. The van der Waals surface area contributed by atoms with Crippen LogP contribution in [0.3, 0.4) is 0 Å². The van der Waals surface area contributed by atoms with Gasteiger partial charge in [0.25, 0.3) is 5.91 Å². The second-order valence-corrected chi connectivity index (χ2v) is 8.70. The molecule has 0 spiro atoms. The molecule has 7 heteroatoms. The number of carbonyl (C=O) groups is 1. The van der Waals surface area contributed by atoms with Crippen molar-refractivity contribution in [1.82, 2.24) is 19.9 Å². The summed E-state index contributed by atoms with van der Waals surface area (Å²) in [5.74, 6) is -0.344. The number of aromatic nitrogens is 3. The topological polar surface area (TPSA) is 82.8 Å². The molecule has 32 heavy (non-hydrogen) atoms. The first-order valence-corrected chi connectivity index (χ1v) is 10.8. The third kappa shape index (κ3) is 3.62. The highest BCUT2D eigenvalue weighted by atomic mass is 19.1. The van der Waals surface area contributed by atoms with Crippen LogP contribution >= 0.6 is 0 Å². The van der Waals surface area contributed by atoms with E-state index in [1.165, 1.54) is 18.5 Å². The molecule has 2 aliphatic rings. The smallest absolute Gasteiger partial charge is 0.256 e. The first kappa shape index (κ1) is 20.3. The summed E-state index contributed by atoms with van der Waals surface area (Å²) in [6.07, 6.45) is 8.30. The summed E-state index contributed by atoms with van der Waals surface area (Å²) in [5.41, 5.74) is 2.07. The van der Waals surface area contributed by atoms with Crippen LogP contribution in [0.1, 0.15) is 41.6 Å². The van der Waals surface area contributed by atoms with Crippen LogP contribution in [0.15, 0.2) is 61.2 Å². The van der Waals surface area contributed by atoms with Gasteiger partial charge in [-0.2, -0.15) is 5.26 Å². The molecule has 4 heterocycles. The molecular weight excluding hydrogens is 405 g/mol. The van der Waals surface area contributed by atoms with Gasteiger partial charge in [0.2, 0.25) is 0 Å². The molecule has 0 radical (unpaired) electrons. The van der Waals surface area contributed by atoms with Crippen LogP contribution in [-0.4, -0.2) is 37.8 Å². The van der Waals surface area contributed by atoms with E-state index in [9.17, 15) is 14.4 Å². The SMILES string of the molecule is N#CC1(Cc2ccc(F)cc2)C[C@H]2CC[C@@H](C1)N2C(=O)c1cccnc1-c1ccncn1. The molecule has 3 aromatic rings. The Balaban J connectivity index is 1.42. The number of amides is 1. The van der Waals surface area contributed by atoms with Crippen molar-refractivity contribution in [3.05, 3.63) is 78.1 Å². The standard InChI is InChI=1S/C25H22FN5O/c26-18-5-3-17(4-6-18)12-25(15-27)13-19-7-8-20(14-25)31(19)24(32)21-2-1-10-29-23(21)22-9-11-28-16-30-22/h1-6,9-11,16,19-20H,7-8,12-14H2/t19-,20+,25?. The Morgan fingerprint density at radius 3 is 2.50 bits per heavy atom. The fraction of sp³-hybridized carbons (Fsp3) is 0.320. The van der Waals surface area contributed by atoms with Gasteiger partial charge in [0.15, 0.2) is 0 Å². The van der Waals surface area contributed by atoms with Crippen LogP contribution < -0.4 is 0 Å². The highest BCUT2D eigenvalue weighted by Crippen LogP contribution is 2.47. The minimum Gasteiger partial charge on any atom is -0.332 e. The van der Waals surface area contributed by atoms with Crippen LogP contribution in [0.25, 0.3) is 11.4 Å². The Labute approximate surface area is 185 Å². The van der Waals surface area contributed by atoms with Crippen LogP contribution in [0.5, 0.6) is 0 Å². The van der Waals surface area contributed by atoms with Crippen molar-refractivity contribution >= 4 is 5.91 Å². The second-order valence-electron chi connectivity index (χ2n) is 8.70. The lowest BCUT2D eigenvalue weighted by Gasteiger charge is -2.43. The Kier molecular flexibility index (Phi) is 5.14. The molecule has 1 unspecified atom stereocenters. The first-order chi connectivity index (χ1) is 15.6. The van der Waals surface area contributed by atoms with Gasteiger partial charge in [-0.05, 0) is 68.0 Å². The van der Waals surface area contributed by atoms with Crippen LogP contribution in [-0.2, 0) is 6.42 Å².